The molecule has 0 aromatic heterocycles. The standard InChI is InChI=1S/C10H17NO5/c1-10(2,5-8(12)13)11-9(14)7-6-15-3-4-16-7/h7H,3-6H2,1-2H3,(H,11,14)(H,12,13). The summed E-state index contributed by atoms with van der Waals surface area (Å²) in [6, 6.07) is 0. The molecule has 1 fully saturated rings. The van der Waals surface area contributed by atoms with Gasteiger partial charge in [0.2, 0.25) is 0 Å². The van der Waals surface area contributed by atoms with Gasteiger partial charge in [0, 0.05) is 5.54 Å². The van der Waals surface area contributed by atoms with E-state index < -0.39 is 17.6 Å². The van der Waals surface area contributed by atoms with E-state index in [1.165, 1.54) is 0 Å². The van der Waals surface area contributed by atoms with Crippen molar-refractivity contribution in [2.75, 3.05) is 19.8 Å². The third-order valence-corrected chi connectivity index (χ3v) is 2.16. The van der Waals surface area contributed by atoms with E-state index >= 15 is 0 Å². The number of nitrogens with one attached hydrogen (secondary N) is 1. The number of hydrogen-bond acceptors (Lipinski definition) is 4. The van der Waals surface area contributed by atoms with Gasteiger partial charge < -0.3 is 19.9 Å². The van der Waals surface area contributed by atoms with Crippen LogP contribution < -0.4 is 5.32 Å². The zero-order chi connectivity index (χ0) is 12.2. The third kappa shape index (κ3) is 4.16. The molecule has 2 N–H and O–H groups in total. The van der Waals surface area contributed by atoms with E-state index in [4.69, 9.17) is 14.6 Å². The summed E-state index contributed by atoms with van der Waals surface area (Å²) in [6.45, 7) is 4.40. The summed E-state index contributed by atoms with van der Waals surface area (Å²) in [6.07, 6.45) is -0.770. The zero-order valence-corrected chi connectivity index (χ0v) is 9.49. The molecule has 6 heteroatoms. The van der Waals surface area contributed by atoms with E-state index in [0.29, 0.717) is 13.2 Å². The van der Waals surface area contributed by atoms with Crippen molar-refractivity contribution in [3.8, 4) is 0 Å². The summed E-state index contributed by atoms with van der Waals surface area (Å²) in [5, 5.41) is 11.3. The van der Waals surface area contributed by atoms with Gasteiger partial charge in [-0.2, -0.15) is 0 Å². The number of rotatable bonds is 4. The highest BCUT2D eigenvalue weighted by atomic mass is 16.6. The van der Waals surface area contributed by atoms with Gasteiger partial charge in [-0.15, -0.1) is 0 Å². The van der Waals surface area contributed by atoms with Gasteiger partial charge in [-0.1, -0.05) is 0 Å². The summed E-state index contributed by atoms with van der Waals surface area (Å²) >= 11 is 0. The molecule has 1 aliphatic heterocycles. The van der Waals surface area contributed by atoms with Crippen LogP contribution >= 0.6 is 0 Å². The Morgan fingerprint density at radius 1 is 1.44 bits per heavy atom. The highest BCUT2D eigenvalue weighted by Gasteiger charge is 2.29. The first kappa shape index (κ1) is 12.9. The molecule has 16 heavy (non-hydrogen) atoms. The van der Waals surface area contributed by atoms with E-state index in [-0.39, 0.29) is 18.9 Å². The molecule has 1 saturated heterocycles. The van der Waals surface area contributed by atoms with Crippen LogP contribution in [-0.2, 0) is 19.1 Å². The highest BCUT2D eigenvalue weighted by molar-refractivity contribution is 5.82. The molecular formula is C10H17NO5. The van der Waals surface area contributed by atoms with Crippen LogP contribution in [0.2, 0.25) is 0 Å². The fraction of sp³-hybridized carbons (Fsp3) is 0.800. The van der Waals surface area contributed by atoms with Crippen LogP contribution in [0.4, 0.5) is 0 Å². The van der Waals surface area contributed by atoms with Crippen LogP contribution in [0.1, 0.15) is 20.3 Å². The van der Waals surface area contributed by atoms with Crippen LogP contribution in [0.3, 0.4) is 0 Å². The summed E-state index contributed by atoms with van der Waals surface area (Å²) in [5.74, 6) is -1.28. The molecule has 1 unspecified atom stereocenters. The predicted molar refractivity (Wildman–Crippen MR) is 55.0 cm³/mol. The Balaban J connectivity index is 2.45. The quantitative estimate of drug-likeness (QED) is 0.698. The molecule has 1 amide bonds. The molecule has 0 bridgehead atoms. The lowest BCUT2D eigenvalue weighted by Crippen LogP contribution is -2.51. The van der Waals surface area contributed by atoms with Crippen molar-refractivity contribution in [2.24, 2.45) is 0 Å². The maximum Gasteiger partial charge on any atom is 0.305 e. The van der Waals surface area contributed by atoms with Gasteiger partial charge in [0.15, 0.2) is 6.10 Å². The second-order valence-corrected chi connectivity index (χ2v) is 4.38. The van der Waals surface area contributed by atoms with Crippen molar-refractivity contribution in [2.45, 2.75) is 31.9 Å². The second kappa shape index (κ2) is 5.27. The van der Waals surface area contributed by atoms with Crippen molar-refractivity contribution >= 4 is 11.9 Å². The summed E-state index contributed by atoms with van der Waals surface area (Å²) in [4.78, 5) is 22.3. The number of carboxylic acid groups (broad SMARTS) is 1. The second-order valence-electron chi connectivity index (χ2n) is 4.38. The topological polar surface area (TPSA) is 84.9 Å². The Hall–Kier alpha value is -1.14. The molecule has 0 aliphatic carbocycles. The minimum atomic E-state index is -0.953. The number of amides is 1. The van der Waals surface area contributed by atoms with Gasteiger partial charge >= 0.3 is 5.97 Å². The van der Waals surface area contributed by atoms with Crippen LogP contribution in [0.25, 0.3) is 0 Å². The molecule has 1 atom stereocenters. The Morgan fingerprint density at radius 2 is 2.12 bits per heavy atom. The maximum absolute atomic E-state index is 11.7. The van der Waals surface area contributed by atoms with Crippen LogP contribution in [0.15, 0.2) is 0 Å². The lowest BCUT2D eigenvalue weighted by atomic mass is 10.0. The smallest absolute Gasteiger partial charge is 0.305 e. The average molecular weight is 231 g/mol. The maximum atomic E-state index is 11.7. The van der Waals surface area contributed by atoms with Crippen LogP contribution in [-0.4, -0.2) is 48.4 Å². The molecule has 0 radical (unpaired) electrons. The van der Waals surface area contributed by atoms with E-state index in [1.807, 2.05) is 0 Å². The lowest BCUT2D eigenvalue weighted by molar-refractivity contribution is -0.149. The molecule has 0 saturated carbocycles. The van der Waals surface area contributed by atoms with Gasteiger partial charge in [0.1, 0.15) is 0 Å². The first-order chi connectivity index (χ1) is 7.41. The molecule has 1 rings (SSSR count). The first-order valence-electron chi connectivity index (χ1n) is 5.14. The number of carbonyl (C=O) groups is 2. The largest absolute Gasteiger partial charge is 0.481 e. The number of carboxylic acids is 1. The normalized spacial score (nSPS) is 21.5. The number of aliphatic carboxylic acids is 1. The minimum absolute atomic E-state index is 0.133. The lowest BCUT2D eigenvalue weighted by Gasteiger charge is -2.28. The monoisotopic (exact) mass is 231 g/mol. The van der Waals surface area contributed by atoms with Crippen LogP contribution in [0, 0.1) is 0 Å². The van der Waals surface area contributed by atoms with Crippen molar-refractivity contribution < 1.29 is 24.2 Å². The van der Waals surface area contributed by atoms with Crippen molar-refractivity contribution in [1.82, 2.24) is 5.32 Å². The van der Waals surface area contributed by atoms with Crippen molar-refractivity contribution in [3.05, 3.63) is 0 Å². The van der Waals surface area contributed by atoms with Gasteiger partial charge in [-0.05, 0) is 13.8 Å². The Morgan fingerprint density at radius 3 is 2.62 bits per heavy atom. The van der Waals surface area contributed by atoms with E-state index in [1.54, 1.807) is 13.8 Å². The molecule has 0 aromatic rings. The summed E-state index contributed by atoms with van der Waals surface area (Å²) in [7, 11) is 0. The van der Waals surface area contributed by atoms with Gasteiger partial charge in [-0.3, -0.25) is 9.59 Å². The fourth-order valence-electron chi connectivity index (χ4n) is 1.48. The number of carbonyl (C=O) groups excluding carboxylic acids is 1. The molecule has 92 valence electrons. The van der Waals surface area contributed by atoms with E-state index in [0.717, 1.165) is 0 Å². The minimum Gasteiger partial charge on any atom is -0.481 e. The van der Waals surface area contributed by atoms with E-state index in [9.17, 15) is 9.59 Å². The summed E-state index contributed by atoms with van der Waals surface area (Å²) in [5.41, 5.74) is -0.788. The van der Waals surface area contributed by atoms with Gasteiger partial charge in [-0.25, -0.2) is 0 Å². The Labute approximate surface area is 93.9 Å². The first-order valence-corrected chi connectivity index (χ1v) is 5.14. The van der Waals surface area contributed by atoms with Gasteiger partial charge in [0.05, 0.1) is 26.2 Å². The Bertz CT molecular complexity index is 270. The van der Waals surface area contributed by atoms with Crippen molar-refractivity contribution in [1.29, 1.82) is 0 Å². The third-order valence-electron chi connectivity index (χ3n) is 2.16. The molecule has 1 heterocycles. The predicted octanol–water partition coefficient (Wildman–Crippen LogP) is -0.229. The molecular weight excluding hydrogens is 214 g/mol. The zero-order valence-electron chi connectivity index (χ0n) is 9.49. The van der Waals surface area contributed by atoms with E-state index in [2.05, 4.69) is 5.32 Å². The number of hydrogen-bond donors (Lipinski definition) is 2. The molecule has 6 nitrogen and oxygen atoms in total. The Kier molecular flexibility index (Phi) is 4.26. The average Bonchev–Trinajstić information content (AvgIpc) is 2.16. The molecule has 0 spiro atoms. The highest BCUT2D eigenvalue weighted by Crippen LogP contribution is 2.10. The fourth-order valence-corrected chi connectivity index (χ4v) is 1.48. The molecule has 0 aromatic carbocycles. The van der Waals surface area contributed by atoms with Gasteiger partial charge in [0.25, 0.3) is 5.91 Å². The summed E-state index contributed by atoms with van der Waals surface area (Å²) < 4.78 is 10.3. The molecule has 1 aliphatic rings. The van der Waals surface area contributed by atoms with Crippen molar-refractivity contribution in [3.63, 3.8) is 0 Å². The number of ether oxygens (including phenoxy) is 2. The van der Waals surface area contributed by atoms with Crippen LogP contribution in [0.5, 0.6) is 0 Å². The SMILES string of the molecule is CC(C)(CC(=O)O)NC(=O)C1COCCO1.